The Labute approximate surface area is 96.3 Å². The molecule has 0 amide bonds. The van der Waals surface area contributed by atoms with Crippen molar-refractivity contribution in [2.45, 2.75) is 13.8 Å². The third-order valence-corrected chi connectivity index (χ3v) is 2.76. The van der Waals surface area contributed by atoms with Crippen LogP contribution in [0.15, 0.2) is 16.5 Å². The van der Waals surface area contributed by atoms with E-state index in [1.165, 1.54) is 12.1 Å². The van der Waals surface area contributed by atoms with E-state index in [1.54, 1.807) is 13.8 Å². The highest BCUT2D eigenvalue weighted by Crippen LogP contribution is 2.28. The smallest absolute Gasteiger partial charge is 0.371 e. The van der Waals surface area contributed by atoms with Crippen molar-refractivity contribution in [1.29, 1.82) is 0 Å². The molecular weight excluding hydrogens is 224 g/mol. The molecule has 5 heteroatoms. The first kappa shape index (κ1) is 11.2. The van der Waals surface area contributed by atoms with Crippen LogP contribution in [-0.4, -0.2) is 22.2 Å². The van der Waals surface area contributed by atoms with Gasteiger partial charge in [0.05, 0.1) is 5.56 Å². The number of carboxylic acids is 2. The highest BCUT2D eigenvalue weighted by Gasteiger charge is 2.19. The second-order valence-corrected chi connectivity index (χ2v) is 3.83. The maximum absolute atomic E-state index is 11.1. The van der Waals surface area contributed by atoms with Gasteiger partial charge < -0.3 is 14.6 Å². The van der Waals surface area contributed by atoms with Gasteiger partial charge in [0.15, 0.2) is 0 Å². The summed E-state index contributed by atoms with van der Waals surface area (Å²) in [5.41, 5.74) is 1.87. The normalized spacial score (nSPS) is 10.7. The summed E-state index contributed by atoms with van der Waals surface area (Å²) in [6.45, 7) is 3.52. The van der Waals surface area contributed by atoms with Crippen LogP contribution in [0.5, 0.6) is 0 Å². The molecule has 2 N–H and O–H groups in total. The van der Waals surface area contributed by atoms with Crippen molar-refractivity contribution in [2.24, 2.45) is 0 Å². The molecule has 0 atom stereocenters. The fourth-order valence-corrected chi connectivity index (χ4v) is 1.73. The Hall–Kier alpha value is -2.30. The second kappa shape index (κ2) is 3.62. The molecule has 0 aliphatic heterocycles. The Bertz CT molecular complexity index is 636. The summed E-state index contributed by atoms with van der Waals surface area (Å²) in [6.07, 6.45) is 0. The van der Waals surface area contributed by atoms with E-state index < -0.39 is 11.9 Å². The van der Waals surface area contributed by atoms with Gasteiger partial charge in [0.25, 0.3) is 0 Å². The molecule has 0 radical (unpaired) electrons. The lowest BCUT2D eigenvalue weighted by Gasteiger charge is -2.03. The van der Waals surface area contributed by atoms with Crippen molar-refractivity contribution in [3.05, 3.63) is 34.6 Å². The first-order chi connectivity index (χ1) is 7.91. The van der Waals surface area contributed by atoms with Gasteiger partial charge in [0.1, 0.15) is 5.58 Å². The fourth-order valence-electron chi connectivity index (χ4n) is 1.73. The second-order valence-electron chi connectivity index (χ2n) is 3.83. The van der Waals surface area contributed by atoms with Gasteiger partial charge in [-0.3, -0.25) is 0 Å². The average molecular weight is 234 g/mol. The Morgan fingerprint density at radius 3 is 2.29 bits per heavy atom. The van der Waals surface area contributed by atoms with Crippen LogP contribution in [0.3, 0.4) is 0 Å². The molecular formula is C12H10O5. The quantitative estimate of drug-likeness (QED) is 0.833. The minimum absolute atomic E-state index is 0.0550. The largest absolute Gasteiger partial charge is 0.478 e. The number of furan rings is 1. The van der Waals surface area contributed by atoms with Gasteiger partial charge in [0, 0.05) is 11.5 Å². The van der Waals surface area contributed by atoms with E-state index in [1.807, 2.05) is 0 Å². The zero-order valence-corrected chi connectivity index (χ0v) is 9.27. The van der Waals surface area contributed by atoms with Gasteiger partial charge in [0.2, 0.25) is 5.76 Å². The molecule has 0 saturated heterocycles. The lowest BCUT2D eigenvalue weighted by atomic mass is 10.0. The summed E-state index contributed by atoms with van der Waals surface area (Å²) < 4.78 is 5.17. The average Bonchev–Trinajstić information content (AvgIpc) is 2.67. The lowest BCUT2D eigenvalue weighted by molar-refractivity contribution is 0.0662. The van der Waals surface area contributed by atoms with Crippen molar-refractivity contribution >= 4 is 22.9 Å². The Morgan fingerprint density at radius 2 is 1.76 bits per heavy atom. The minimum atomic E-state index is -1.21. The summed E-state index contributed by atoms with van der Waals surface area (Å²) >= 11 is 0. The summed E-state index contributed by atoms with van der Waals surface area (Å²) in [5, 5.41) is 18.2. The molecule has 0 bridgehead atoms. The number of hydrogen-bond donors (Lipinski definition) is 2. The predicted octanol–water partition coefficient (Wildman–Crippen LogP) is 2.45. The van der Waals surface area contributed by atoms with Crippen LogP contribution in [0.4, 0.5) is 0 Å². The summed E-state index contributed by atoms with van der Waals surface area (Å²) in [4.78, 5) is 21.9. The topological polar surface area (TPSA) is 87.7 Å². The molecule has 5 nitrogen and oxygen atoms in total. The number of carbonyl (C=O) groups is 2. The molecule has 1 heterocycles. The number of benzene rings is 1. The van der Waals surface area contributed by atoms with Crippen LogP contribution >= 0.6 is 0 Å². The van der Waals surface area contributed by atoms with Gasteiger partial charge in [-0.05, 0) is 31.0 Å². The molecule has 2 rings (SSSR count). The Morgan fingerprint density at radius 1 is 1.12 bits per heavy atom. The highest BCUT2D eigenvalue weighted by atomic mass is 16.4. The lowest BCUT2D eigenvalue weighted by Crippen LogP contribution is -1.98. The summed E-state index contributed by atoms with van der Waals surface area (Å²) in [7, 11) is 0. The SMILES string of the molecule is Cc1cc(C(=O)O)c2cc(C(=O)O)oc2c1C. The summed E-state index contributed by atoms with van der Waals surface area (Å²) in [6, 6.07) is 2.76. The van der Waals surface area contributed by atoms with E-state index >= 15 is 0 Å². The third kappa shape index (κ3) is 1.65. The van der Waals surface area contributed by atoms with Gasteiger partial charge in [-0.2, -0.15) is 0 Å². The van der Waals surface area contributed by atoms with E-state index in [0.717, 1.165) is 11.1 Å². The van der Waals surface area contributed by atoms with Crippen LogP contribution in [0.2, 0.25) is 0 Å². The van der Waals surface area contributed by atoms with Gasteiger partial charge in [-0.1, -0.05) is 0 Å². The van der Waals surface area contributed by atoms with Crippen LogP contribution in [0.1, 0.15) is 32.0 Å². The van der Waals surface area contributed by atoms with Gasteiger partial charge >= 0.3 is 11.9 Å². The molecule has 0 saturated carbocycles. The zero-order chi connectivity index (χ0) is 12.7. The van der Waals surface area contributed by atoms with Crippen molar-refractivity contribution in [1.82, 2.24) is 0 Å². The molecule has 0 fully saturated rings. The zero-order valence-electron chi connectivity index (χ0n) is 9.27. The number of hydrogen-bond acceptors (Lipinski definition) is 3. The number of fused-ring (bicyclic) bond motifs is 1. The van der Waals surface area contributed by atoms with E-state index in [0.29, 0.717) is 11.0 Å². The molecule has 0 unspecified atom stereocenters. The first-order valence-corrected chi connectivity index (χ1v) is 4.92. The Kier molecular flexibility index (Phi) is 2.38. The van der Waals surface area contributed by atoms with Gasteiger partial charge in [-0.25, -0.2) is 9.59 Å². The first-order valence-electron chi connectivity index (χ1n) is 4.92. The van der Waals surface area contributed by atoms with Crippen molar-refractivity contribution in [2.75, 3.05) is 0 Å². The maximum Gasteiger partial charge on any atom is 0.371 e. The fraction of sp³-hybridized carbons (Fsp3) is 0.167. The van der Waals surface area contributed by atoms with Crippen LogP contribution in [0, 0.1) is 13.8 Å². The monoisotopic (exact) mass is 234 g/mol. The molecule has 1 aromatic heterocycles. The summed E-state index contributed by atoms with van der Waals surface area (Å²) in [5.74, 6) is -2.57. The molecule has 2 aromatic rings. The van der Waals surface area contributed by atoms with E-state index in [4.69, 9.17) is 14.6 Å². The van der Waals surface area contributed by atoms with Crippen LogP contribution in [0.25, 0.3) is 11.0 Å². The maximum atomic E-state index is 11.1. The van der Waals surface area contributed by atoms with Crippen molar-refractivity contribution < 1.29 is 24.2 Å². The number of rotatable bonds is 2. The molecule has 88 valence electrons. The number of carboxylic acid groups (broad SMARTS) is 2. The molecule has 0 aliphatic rings. The molecule has 0 aliphatic carbocycles. The highest BCUT2D eigenvalue weighted by molar-refractivity contribution is 6.05. The van der Waals surface area contributed by atoms with E-state index in [9.17, 15) is 9.59 Å². The molecule has 0 spiro atoms. The molecule has 17 heavy (non-hydrogen) atoms. The van der Waals surface area contributed by atoms with Gasteiger partial charge in [-0.15, -0.1) is 0 Å². The number of aromatic carboxylic acids is 2. The van der Waals surface area contributed by atoms with Crippen molar-refractivity contribution in [3.63, 3.8) is 0 Å². The third-order valence-electron chi connectivity index (χ3n) is 2.76. The van der Waals surface area contributed by atoms with E-state index in [-0.39, 0.29) is 11.3 Å². The minimum Gasteiger partial charge on any atom is -0.478 e. The standard InChI is InChI=1S/C12H10O5/c1-5-3-8(11(13)14)7-4-9(12(15)16)17-10(7)6(5)2/h3-4H,1-2H3,(H,13,14)(H,15,16). The van der Waals surface area contributed by atoms with Crippen molar-refractivity contribution in [3.8, 4) is 0 Å². The Balaban J connectivity index is 2.89. The predicted molar refractivity (Wildman–Crippen MR) is 59.6 cm³/mol. The van der Waals surface area contributed by atoms with E-state index in [2.05, 4.69) is 0 Å². The molecule has 1 aromatic carbocycles. The number of aryl methyl sites for hydroxylation is 2. The van der Waals surface area contributed by atoms with Crippen LogP contribution < -0.4 is 0 Å². The van der Waals surface area contributed by atoms with Crippen LogP contribution in [-0.2, 0) is 0 Å².